The fourth-order valence-electron chi connectivity index (χ4n) is 2.66. The smallest absolute Gasteiger partial charge is 0.152 e. The number of nitrogens with one attached hydrogen (secondary N) is 1. The van der Waals surface area contributed by atoms with E-state index in [0.29, 0.717) is 5.56 Å². The molecule has 0 fully saturated rings. The Morgan fingerprint density at radius 1 is 1.10 bits per heavy atom. The number of hydrogen-bond acceptors (Lipinski definition) is 2. The van der Waals surface area contributed by atoms with Crippen molar-refractivity contribution < 1.29 is 9.53 Å². The van der Waals surface area contributed by atoms with Gasteiger partial charge in [-0.2, -0.15) is 0 Å². The van der Waals surface area contributed by atoms with Gasteiger partial charge in [0.15, 0.2) is 6.29 Å². The molecule has 2 aromatic carbocycles. The maximum atomic E-state index is 11.6. The number of aryl methyl sites for hydroxylation is 2. The van der Waals surface area contributed by atoms with Gasteiger partial charge in [0.1, 0.15) is 5.75 Å². The highest BCUT2D eigenvalue weighted by atomic mass is 16.5. The molecule has 21 heavy (non-hydrogen) atoms. The minimum atomic E-state index is 0.678. The first-order valence-electron chi connectivity index (χ1n) is 6.86. The molecular weight excluding hydrogens is 262 g/mol. The van der Waals surface area contributed by atoms with Gasteiger partial charge in [-0.3, -0.25) is 4.79 Å². The largest absolute Gasteiger partial charge is 0.497 e. The van der Waals surface area contributed by atoms with Gasteiger partial charge >= 0.3 is 0 Å². The third kappa shape index (κ3) is 2.21. The fourth-order valence-corrected chi connectivity index (χ4v) is 2.66. The first-order valence-corrected chi connectivity index (χ1v) is 6.86. The molecule has 0 saturated heterocycles. The molecule has 0 unspecified atom stereocenters. The van der Waals surface area contributed by atoms with E-state index in [0.717, 1.165) is 39.8 Å². The summed E-state index contributed by atoms with van der Waals surface area (Å²) in [4.78, 5) is 15.0. The fraction of sp³-hybridized carbons (Fsp3) is 0.167. The van der Waals surface area contributed by atoms with E-state index in [2.05, 4.69) is 37.0 Å². The van der Waals surface area contributed by atoms with Gasteiger partial charge in [0, 0.05) is 22.0 Å². The quantitative estimate of drug-likeness (QED) is 0.727. The number of carbonyl (C=O) groups is 1. The number of fused-ring (bicyclic) bond motifs is 1. The molecule has 0 amide bonds. The van der Waals surface area contributed by atoms with Crippen molar-refractivity contribution in [2.24, 2.45) is 0 Å². The normalized spacial score (nSPS) is 10.8. The molecule has 0 spiro atoms. The van der Waals surface area contributed by atoms with Crippen LogP contribution in [-0.4, -0.2) is 18.4 Å². The number of methoxy groups -OCH3 is 1. The summed E-state index contributed by atoms with van der Waals surface area (Å²) >= 11 is 0. The Hall–Kier alpha value is -2.55. The van der Waals surface area contributed by atoms with E-state index >= 15 is 0 Å². The molecular formula is C18H17NO2. The van der Waals surface area contributed by atoms with Crippen molar-refractivity contribution in [3.63, 3.8) is 0 Å². The Labute approximate surface area is 123 Å². The molecule has 0 aliphatic carbocycles. The summed E-state index contributed by atoms with van der Waals surface area (Å²) in [6.07, 6.45) is 0.912. The average molecular weight is 279 g/mol. The lowest BCUT2D eigenvalue weighted by Crippen LogP contribution is -1.89. The number of carbonyl (C=O) groups excluding carboxylic acids is 1. The summed E-state index contributed by atoms with van der Waals surface area (Å²) in [7, 11) is 1.63. The molecule has 1 aromatic heterocycles. The van der Waals surface area contributed by atoms with Gasteiger partial charge < -0.3 is 9.72 Å². The van der Waals surface area contributed by atoms with Crippen molar-refractivity contribution in [2.45, 2.75) is 13.8 Å². The third-order valence-electron chi connectivity index (χ3n) is 3.83. The lowest BCUT2D eigenvalue weighted by atomic mass is 10.00. The minimum absolute atomic E-state index is 0.678. The highest BCUT2D eigenvalue weighted by molar-refractivity contribution is 6.05. The van der Waals surface area contributed by atoms with Crippen LogP contribution >= 0.6 is 0 Å². The van der Waals surface area contributed by atoms with Crippen LogP contribution in [0.15, 0.2) is 36.4 Å². The number of H-pyrrole nitrogens is 1. The lowest BCUT2D eigenvalue weighted by molar-refractivity contribution is 0.112. The van der Waals surface area contributed by atoms with Crippen LogP contribution in [0.25, 0.3) is 22.2 Å². The molecule has 0 atom stereocenters. The van der Waals surface area contributed by atoms with E-state index < -0.39 is 0 Å². The Balaban J connectivity index is 2.32. The summed E-state index contributed by atoms with van der Waals surface area (Å²) in [5.41, 5.74) is 5.86. The molecule has 3 nitrogen and oxygen atoms in total. The van der Waals surface area contributed by atoms with Crippen molar-refractivity contribution in [3.05, 3.63) is 53.1 Å². The van der Waals surface area contributed by atoms with Gasteiger partial charge in [-0.1, -0.05) is 17.7 Å². The first kappa shape index (κ1) is 13.4. The predicted octanol–water partition coefficient (Wildman–Crippen LogP) is 4.27. The summed E-state index contributed by atoms with van der Waals surface area (Å²) in [6.45, 7) is 4.10. The SMILES string of the molecule is COc1ccc2[nH]c(-c3cc(C)ccc3C)c(C=O)c2c1. The number of ether oxygens (including phenoxy) is 1. The number of aromatic nitrogens is 1. The summed E-state index contributed by atoms with van der Waals surface area (Å²) in [6, 6.07) is 12.0. The Morgan fingerprint density at radius 2 is 1.90 bits per heavy atom. The van der Waals surface area contributed by atoms with Crippen LogP contribution in [0.4, 0.5) is 0 Å². The molecule has 106 valence electrons. The Bertz CT molecular complexity index is 831. The Kier molecular flexibility index (Phi) is 3.26. The van der Waals surface area contributed by atoms with Crippen LogP contribution in [0, 0.1) is 13.8 Å². The lowest BCUT2D eigenvalue weighted by Gasteiger charge is -2.06. The van der Waals surface area contributed by atoms with E-state index in [4.69, 9.17) is 4.74 Å². The zero-order valence-corrected chi connectivity index (χ0v) is 12.4. The van der Waals surface area contributed by atoms with Crippen molar-refractivity contribution in [2.75, 3.05) is 7.11 Å². The number of hydrogen-bond donors (Lipinski definition) is 1. The second kappa shape index (κ2) is 5.09. The van der Waals surface area contributed by atoms with Crippen molar-refractivity contribution >= 4 is 17.2 Å². The van der Waals surface area contributed by atoms with Crippen molar-refractivity contribution in [1.29, 1.82) is 0 Å². The van der Waals surface area contributed by atoms with Crippen molar-refractivity contribution in [3.8, 4) is 17.0 Å². The summed E-state index contributed by atoms with van der Waals surface area (Å²) < 4.78 is 5.25. The van der Waals surface area contributed by atoms with Crippen LogP contribution in [0.2, 0.25) is 0 Å². The Morgan fingerprint density at radius 3 is 2.62 bits per heavy atom. The van der Waals surface area contributed by atoms with Crippen LogP contribution in [0.1, 0.15) is 21.5 Å². The van der Waals surface area contributed by atoms with Gasteiger partial charge in [0.2, 0.25) is 0 Å². The van der Waals surface area contributed by atoms with Gasteiger partial charge in [0.05, 0.1) is 12.8 Å². The van der Waals surface area contributed by atoms with Gasteiger partial charge in [0.25, 0.3) is 0 Å². The van der Waals surface area contributed by atoms with Gasteiger partial charge in [-0.25, -0.2) is 0 Å². The molecule has 1 heterocycles. The molecule has 3 aromatic rings. The summed E-state index contributed by atoms with van der Waals surface area (Å²) in [5, 5.41) is 0.889. The van der Waals surface area contributed by atoms with E-state index in [1.165, 1.54) is 5.56 Å². The maximum absolute atomic E-state index is 11.6. The monoisotopic (exact) mass is 279 g/mol. The highest BCUT2D eigenvalue weighted by Crippen LogP contribution is 2.33. The zero-order valence-electron chi connectivity index (χ0n) is 12.4. The molecule has 0 aliphatic rings. The van der Waals surface area contributed by atoms with E-state index in [1.54, 1.807) is 7.11 Å². The van der Waals surface area contributed by atoms with Crippen LogP contribution in [0.3, 0.4) is 0 Å². The second-order valence-corrected chi connectivity index (χ2v) is 5.26. The first-order chi connectivity index (χ1) is 10.1. The van der Waals surface area contributed by atoms with Crippen molar-refractivity contribution in [1.82, 2.24) is 4.98 Å². The number of aromatic amines is 1. The van der Waals surface area contributed by atoms with Crippen LogP contribution in [-0.2, 0) is 0 Å². The van der Waals surface area contributed by atoms with Crippen LogP contribution in [0.5, 0.6) is 5.75 Å². The molecule has 1 N–H and O–H groups in total. The van der Waals surface area contributed by atoms with E-state index in [1.807, 2.05) is 18.2 Å². The number of benzene rings is 2. The number of aldehydes is 1. The van der Waals surface area contributed by atoms with Gasteiger partial charge in [-0.05, 0) is 43.7 Å². The highest BCUT2D eigenvalue weighted by Gasteiger charge is 2.15. The second-order valence-electron chi connectivity index (χ2n) is 5.26. The molecule has 3 rings (SSSR count). The molecule has 0 saturated carbocycles. The molecule has 0 radical (unpaired) electrons. The minimum Gasteiger partial charge on any atom is -0.497 e. The standard InChI is InChI=1S/C18H17NO2/c1-11-4-5-12(2)14(8-11)18-16(10-20)15-9-13(21-3)6-7-17(15)19-18/h4-10,19H,1-3H3. The topological polar surface area (TPSA) is 42.1 Å². The predicted molar refractivity (Wildman–Crippen MR) is 85.1 cm³/mol. The van der Waals surface area contributed by atoms with E-state index in [9.17, 15) is 4.79 Å². The third-order valence-corrected chi connectivity index (χ3v) is 3.83. The summed E-state index contributed by atoms with van der Waals surface area (Å²) in [5.74, 6) is 0.747. The molecule has 0 aliphatic heterocycles. The van der Waals surface area contributed by atoms with Gasteiger partial charge in [-0.15, -0.1) is 0 Å². The zero-order chi connectivity index (χ0) is 15.0. The van der Waals surface area contributed by atoms with E-state index in [-0.39, 0.29) is 0 Å². The molecule has 3 heteroatoms. The molecule has 0 bridgehead atoms. The number of rotatable bonds is 3. The average Bonchev–Trinajstić information content (AvgIpc) is 2.86. The van der Waals surface area contributed by atoms with Crippen LogP contribution < -0.4 is 4.74 Å². The maximum Gasteiger partial charge on any atom is 0.152 e.